The van der Waals surface area contributed by atoms with Crippen LogP contribution in [-0.2, 0) is 15.8 Å². The monoisotopic (exact) mass is 359 g/mol. The van der Waals surface area contributed by atoms with Gasteiger partial charge in [-0.05, 0) is 34.7 Å². The van der Waals surface area contributed by atoms with Gasteiger partial charge >= 0.3 is 0 Å². The van der Waals surface area contributed by atoms with Crippen molar-refractivity contribution in [2.45, 2.75) is 31.8 Å². The molecule has 1 atom stereocenters. The number of halogens is 1. The number of carbonyl (C=O) groups is 1. The van der Waals surface area contributed by atoms with E-state index in [0.717, 1.165) is 10.0 Å². The van der Waals surface area contributed by atoms with E-state index in [-0.39, 0.29) is 5.41 Å². The number of carbonyl (C=O) groups excluding carboxylic acids is 1. The Labute approximate surface area is 138 Å². The molecule has 0 fully saturated rings. The molecule has 0 aromatic heterocycles. The minimum absolute atomic E-state index is 0.0278. The molecule has 1 aliphatic heterocycles. The van der Waals surface area contributed by atoms with Crippen LogP contribution in [0.1, 0.15) is 37.5 Å². The Morgan fingerprint density at radius 3 is 2.32 bits per heavy atom. The first-order valence-corrected chi connectivity index (χ1v) is 7.97. The first-order chi connectivity index (χ1) is 10.2. The van der Waals surface area contributed by atoms with E-state index >= 15 is 0 Å². The highest BCUT2D eigenvalue weighted by atomic mass is 79.9. The normalized spacial score (nSPS) is 20.7. The molecule has 0 radical (unpaired) electrons. The van der Waals surface area contributed by atoms with Crippen molar-refractivity contribution in [1.82, 2.24) is 0 Å². The predicted octanol–water partition coefficient (Wildman–Crippen LogP) is 3.93. The molecule has 0 unspecified atom stereocenters. The topological polar surface area (TPSA) is 49.3 Å². The maximum absolute atomic E-state index is 12.4. The number of anilines is 1. The van der Waals surface area contributed by atoms with Gasteiger partial charge in [-0.2, -0.15) is 0 Å². The Morgan fingerprint density at radius 2 is 1.73 bits per heavy atom. The number of hydrogen-bond acceptors (Lipinski definition) is 2. The third-order valence-corrected chi connectivity index (χ3v) is 4.61. The van der Waals surface area contributed by atoms with E-state index in [4.69, 9.17) is 0 Å². The van der Waals surface area contributed by atoms with E-state index in [1.165, 1.54) is 0 Å². The van der Waals surface area contributed by atoms with Gasteiger partial charge in [0.25, 0.3) is 5.91 Å². The summed E-state index contributed by atoms with van der Waals surface area (Å²) in [5, 5.41) is 13.8. The summed E-state index contributed by atoms with van der Waals surface area (Å²) in [5.74, 6) is -0.413. The largest absolute Gasteiger partial charge is 0.372 e. The van der Waals surface area contributed by atoms with Crippen LogP contribution < -0.4 is 5.32 Å². The van der Waals surface area contributed by atoms with Crippen molar-refractivity contribution in [2.75, 3.05) is 5.32 Å². The average molecular weight is 360 g/mol. The zero-order chi connectivity index (χ0) is 16.1. The van der Waals surface area contributed by atoms with Gasteiger partial charge in [-0.25, -0.2) is 0 Å². The van der Waals surface area contributed by atoms with Crippen LogP contribution >= 0.6 is 15.9 Å². The molecule has 2 aromatic carbocycles. The molecule has 4 heteroatoms. The van der Waals surface area contributed by atoms with Gasteiger partial charge in [-0.1, -0.05) is 61.0 Å². The van der Waals surface area contributed by atoms with Crippen LogP contribution in [0.2, 0.25) is 0 Å². The molecule has 22 heavy (non-hydrogen) atoms. The summed E-state index contributed by atoms with van der Waals surface area (Å²) in [6.07, 6.45) is 0. The number of nitrogens with one attached hydrogen (secondary N) is 1. The second kappa shape index (κ2) is 4.93. The zero-order valence-corrected chi connectivity index (χ0v) is 14.4. The third kappa shape index (κ3) is 2.27. The Hall–Kier alpha value is -1.65. The Balaban J connectivity index is 2.11. The van der Waals surface area contributed by atoms with Crippen LogP contribution in [0.15, 0.2) is 46.9 Å². The van der Waals surface area contributed by atoms with Gasteiger partial charge in [-0.15, -0.1) is 0 Å². The van der Waals surface area contributed by atoms with Gasteiger partial charge in [-0.3, -0.25) is 4.79 Å². The van der Waals surface area contributed by atoms with Crippen LogP contribution in [0.5, 0.6) is 0 Å². The summed E-state index contributed by atoms with van der Waals surface area (Å²) >= 11 is 3.40. The summed E-state index contributed by atoms with van der Waals surface area (Å²) in [7, 11) is 0. The number of aliphatic hydroxyl groups is 1. The Bertz CT molecular complexity index is 747. The zero-order valence-electron chi connectivity index (χ0n) is 12.8. The maximum atomic E-state index is 12.4. The van der Waals surface area contributed by atoms with Crippen molar-refractivity contribution in [2.24, 2.45) is 0 Å². The van der Waals surface area contributed by atoms with Crippen molar-refractivity contribution < 1.29 is 9.90 Å². The highest BCUT2D eigenvalue weighted by Gasteiger charge is 2.46. The fourth-order valence-electron chi connectivity index (χ4n) is 2.76. The molecule has 1 amide bonds. The summed E-state index contributed by atoms with van der Waals surface area (Å²) in [6.45, 7) is 6.39. The second-order valence-corrected chi connectivity index (χ2v) is 7.60. The summed E-state index contributed by atoms with van der Waals surface area (Å²) in [4.78, 5) is 12.4. The highest BCUT2D eigenvalue weighted by Crippen LogP contribution is 2.42. The van der Waals surface area contributed by atoms with Gasteiger partial charge in [0.1, 0.15) is 0 Å². The molecule has 114 valence electrons. The fraction of sp³-hybridized carbons (Fsp3) is 0.278. The van der Waals surface area contributed by atoms with E-state index < -0.39 is 11.5 Å². The van der Waals surface area contributed by atoms with Crippen molar-refractivity contribution in [3.05, 3.63) is 63.6 Å². The smallest absolute Gasteiger partial charge is 0.265 e. The van der Waals surface area contributed by atoms with Crippen molar-refractivity contribution in [1.29, 1.82) is 0 Å². The van der Waals surface area contributed by atoms with Crippen molar-refractivity contribution in [3.63, 3.8) is 0 Å². The molecular weight excluding hydrogens is 342 g/mol. The first-order valence-electron chi connectivity index (χ1n) is 7.18. The van der Waals surface area contributed by atoms with Crippen molar-refractivity contribution in [3.8, 4) is 0 Å². The van der Waals surface area contributed by atoms with Crippen LogP contribution in [0.4, 0.5) is 5.69 Å². The lowest BCUT2D eigenvalue weighted by Gasteiger charge is -2.24. The van der Waals surface area contributed by atoms with Crippen LogP contribution in [0, 0.1) is 0 Å². The number of fused-ring (bicyclic) bond motifs is 1. The minimum Gasteiger partial charge on any atom is -0.372 e. The van der Waals surface area contributed by atoms with Gasteiger partial charge in [0.15, 0.2) is 5.60 Å². The third-order valence-electron chi connectivity index (χ3n) is 4.12. The molecule has 0 spiro atoms. The Kier molecular flexibility index (Phi) is 3.42. The Morgan fingerprint density at radius 1 is 1.09 bits per heavy atom. The molecule has 3 nitrogen and oxygen atoms in total. The lowest BCUT2D eigenvalue weighted by atomic mass is 9.83. The van der Waals surface area contributed by atoms with Crippen LogP contribution in [-0.4, -0.2) is 11.0 Å². The maximum Gasteiger partial charge on any atom is 0.265 e. The predicted molar refractivity (Wildman–Crippen MR) is 90.9 cm³/mol. The quantitative estimate of drug-likeness (QED) is 0.810. The van der Waals surface area contributed by atoms with E-state index in [1.807, 2.05) is 30.3 Å². The highest BCUT2D eigenvalue weighted by molar-refractivity contribution is 9.10. The van der Waals surface area contributed by atoms with Crippen LogP contribution in [0.3, 0.4) is 0 Å². The van der Waals surface area contributed by atoms with Gasteiger partial charge in [0, 0.05) is 15.7 Å². The lowest BCUT2D eigenvalue weighted by molar-refractivity contribution is -0.129. The molecule has 0 bridgehead atoms. The molecule has 0 saturated carbocycles. The molecule has 1 aliphatic rings. The summed E-state index contributed by atoms with van der Waals surface area (Å²) in [5.41, 5.74) is 1.35. The molecule has 2 N–H and O–H groups in total. The lowest BCUT2D eigenvalue weighted by Crippen LogP contribution is -2.35. The summed E-state index contributed by atoms with van der Waals surface area (Å²) < 4.78 is 0.826. The molecule has 3 rings (SSSR count). The fourth-order valence-corrected chi connectivity index (χ4v) is 3.12. The second-order valence-electron chi connectivity index (χ2n) is 6.68. The molecule has 1 heterocycles. The van der Waals surface area contributed by atoms with E-state index in [9.17, 15) is 9.90 Å². The molecule has 0 saturated heterocycles. The molecule has 0 aliphatic carbocycles. The summed E-state index contributed by atoms with van der Waals surface area (Å²) in [6, 6.07) is 13.0. The molecule has 2 aromatic rings. The van der Waals surface area contributed by atoms with E-state index in [2.05, 4.69) is 42.0 Å². The molecular formula is C18H18BrNO2. The van der Waals surface area contributed by atoms with Crippen LogP contribution in [0.25, 0.3) is 0 Å². The standard InChI is InChI=1S/C18H18BrNO2/c1-17(2,3)11-4-6-12(7-5-11)18(22)14-10-13(19)8-9-15(14)20-16(18)21/h4-10,22H,1-3H3,(H,20,21)/t18-/m1/s1. The first kappa shape index (κ1) is 15.3. The average Bonchev–Trinajstić information content (AvgIpc) is 2.71. The number of hydrogen-bond donors (Lipinski definition) is 2. The van der Waals surface area contributed by atoms with Crippen molar-refractivity contribution >= 4 is 27.5 Å². The van der Waals surface area contributed by atoms with Gasteiger partial charge < -0.3 is 10.4 Å². The number of benzene rings is 2. The van der Waals surface area contributed by atoms with E-state index in [1.54, 1.807) is 12.1 Å². The number of amides is 1. The van der Waals surface area contributed by atoms with E-state index in [0.29, 0.717) is 16.8 Å². The number of rotatable bonds is 1. The SMILES string of the molecule is CC(C)(C)c1ccc([C@]2(O)C(=O)Nc3ccc(Br)cc32)cc1. The van der Waals surface area contributed by atoms with Gasteiger partial charge in [0.2, 0.25) is 0 Å². The minimum atomic E-state index is -1.64. The van der Waals surface area contributed by atoms with Gasteiger partial charge in [0.05, 0.1) is 0 Å².